The van der Waals surface area contributed by atoms with Gasteiger partial charge < -0.3 is 15.0 Å². The number of morpholine rings is 1. The maximum Gasteiger partial charge on any atom is 0.274 e. The van der Waals surface area contributed by atoms with Gasteiger partial charge in [0.2, 0.25) is 0 Å². The molecule has 0 spiro atoms. The van der Waals surface area contributed by atoms with Gasteiger partial charge in [-0.25, -0.2) is 0 Å². The number of likely N-dealkylation sites (N-methyl/N-ethyl adjacent to an activating group) is 1. The van der Waals surface area contributed by atoms with Crippen LogP contribution in [0.1, 0.15) is 41.5 Å². The van der Waals surface area contributed by atoms with Crippen molar-refractivity contribution >= 4 is 11.8 Å². The van der Waals surface area contributed by atoms with Crippen molar-refractivity contribution in [3.05, 3.63) is 77.6 Å². The molecular formula is C26H30N4O3. The first-order valence-corrected chi connectivity index (χ1v) is 11.3. The Hall–Kier alpha value is -3.45. The highest BCUT2D eigenvalue weighted by molar-refractivity contribution is 5.94. The number of benzene rings is 2. The summed E-state index contributed by atoms with van der Waals surface area (Å²) in [5.41, 5.74) is 3.24. The lowest BCUT2D eigenvalue weighted by atomic mass is 9.89. The fraction of sp³-hybridized carbons (Fsp3) is 0.346. The maximum absolute atomic E-state index is 13.2. The van der Waals surface area contributed by atoms with Gasteiger partial charge in [0.25, 0.3) is 11.8 Å². The number of nitrogens with one attached hydrogen (secondary N) is 2. The number of carbonyl (C=O) groups excluding carboxylic acids is 2. The molecule has 4 rings (SSSR count). The van der Waals surface area contributed by atoms with Crippen molar-refractivity contribution < 1.29 is 14.3 Å². The molecule has 0 saturated carbocycles. The number of rotatable bonds is 6. The van der Waals surface area contributed by atoms with E-state index in [1.54, 1.807) is 18.0 Å². The van der Waals surface area contributed by atoms with E-state index >= 15 is 0 Å². The highest BCUT2D eigenvalue weighted by atomic mass is 16.5. The number of hydrogen-bond acceptors (Lipinski definition) is 4. The molecule has 7 heteroatoms. The Kier molecular flexibility index (Phi) is 6.60. The van der Waals surface area contributed by atoms with Crippen LogP contribution >= 0.6 is 0 Å². The van der Waals surface area contributed by atoms with Crippen molar-refractivity contribution in [3.8, 4) is 11.1 Å². The van der Waals surface area contributed by atoms with Gasteiger partial charge in [0.1, 0.15) is 5.69 Å². The molecule has 0 bridgehead atoms. The molecule has 3 aromatic rings. The van der Waals surface area contributed by atoms with Crippen LogP contribution in [-0.4, -0.2) is 59.3 Å². The second-order valence-corrected chi connectivity index (χ2v) is 8.75. The van der Waals surface area contributed by atoms with Gasteiger partial charge in [0.05, 0.1) is 13.2 Å². The van der Waals surface area contributed by atoms with E-state index in [0.717, 1.165) is 22.4 Å². The standard InChI is InChI=1S/C26H30N4O3/c1-18(2)22-15-23(29-28-22)24(31)30-12-13-33-26(17-30,25(32)27-3)16-19-8-7-11-21(14-19)20-9-5-4-6-10-20/h4-11,14-15,18H,12-13,16-17H2,1-3H3,(H,27,32)(H,28,29)/t26-/m1/s1. The molecule has 1 aromatic heterocycles. The Balaban J connectivity index is 1.59. The molecule has 2 aromatic carbocycles. The number of aromatic nitrogens is 2. The molecule has 1 aliphatic rings. The molecule has 0 radical (unpaired) electrons. The average Bonchev–Trinajstić information content (AvgIpc) is 3.35. The Bertz CT molecular complexity index is 1130. The molecule has 2 heterocycles. The van der Waals surface area contributed by atoms with E-state index in [1.165, 1.54) is 0 Å². The molecular weight excluding hydrogens is 416 g/mol. The van der Waals surface area contributed by atoms with Crippen molar-refractivity contribution in [2.75, 3.05) is 26.7 Å². The van der Waals surface area contributed by atoms with Crippen molar-refractivity contribution in [1.29, 1.82) is 0 Å². The van der Waals surface area contributed by atoms with Gasteiger partial charge in [-0.05, 0) is 28.7 Å². The lowest BCUT2D eigenvalue weighted by molar-refractivity contribution is -0.156. The van der Waals surface area contributed by atoms with Crippen LogP contribution < -0.4 is 5.32 Å². The first-order chi connectivity index (χ1) is 15.9. The van der Waals surface area contributed by atoms with Crippen LogP contribution in [0.3, 0.4) is 0 Å². The second-order valence-electron chi connectivity index (χ2n) is 8.75. The van der Waals surface area contributed by atoms with Gasteiger partial charge in [-0.1, -0.05) is 68.4 Å². The van der Waals surface area contributed by atoms with Crippen molar-refractivity contribution in [2.24, 2.45) is 0 Å². The summed E-state index contributed by atoms with van der Waals surface area (Å²) >= 11 is 0. The van der Waals surface area contributed by atoms with E-state index in [0.29, 0.717) is 18.7 Å². The average molecular weight is 447 g/mol. The molecule has 1 saturated heterocycles. The lowest BCUT2D eigenvalue weighted by Crippen LogP contribution is -2.61. The van der Waals surface area contributed by atoms with Crippen LogP contribution in [0.15, 0.2) is 60.7 Å². The van der Waals surface area contributed by atoms with Gasteiger partial charge >= 0.3 is 0 Å². The first-order valence-electron chi connectivity index (χ1n) is 11.3. The fourth-order valence-corrected chi connectivity index (χ4v) is 4.24. The van der Waals surface area contributed by atoms with E-state index in [4.69, 9.17) is 4.74 Å². The van der Waals surface area contributed by atoms with E-state index in [-0.39, 0.29) is 30.9 Å². The predicted molar refractivity (Wildman–Crippen MR) is 127 cm³/mol. The van der Waals surface area contributed by atoms with Crippen LogP contribution in [0.5, 0.6) is 0 Å². The molecule has 0 unspecified atom stereocenters. The highest BCUT2D eigenvalue weighted by Gasteiger charge is 2.45. The SMILES string of the molecule is CNC(=O)[C@@]1(Cc2cccc(-c3ccccc3)c2)CN(C(=O)c2cc(C(C)C)[nH]n2)CCO1. The smallest absolute Gasteiger partial charge is 0.274 e. The summed E-state index contributed by atoms with van der Waals surface area (Å²) in [7, 11) is 1.59. The van der Waals surface area contributed by atoms with Crippen LogP contribution in [-0.2, 0) is 16.0 Å². The quantitative estimate of drug-likeness (QED) is 0.608. The van der Waals surface area contributed by atoms with Crippen LogP contribution in [0.4, 0.5) is 0 Å². The highest BCUT2D eigenvalue weighted by Crippen LogP contribution is 2.28. The summed E-state index contributed by atoms with van der Waals surface area (Å²) in [6.45, 7) is 4.92. The zero-order valence-electron chi connectivity index (χ0n) is 19.3. The fourth-order valence-electron chi connectivity index (χ4n) is 4.24. The summed E-state index contributed by atoms with van der Waals surface area (Å²) in [5.74, 6) is -0.201. The number of hydrogen-bond donors (Lipinski definition) is 2. The molecule has 2 N–H and O–H groups in total. The molecule has 1 fully saturated rings. The molecule has 2 amide bonds. The van der Waals surface area contributed by atoms with Gasteiger partial charge in [-0.3, -0.25) is 14.7 Å². The summed E-state index contributed by atoms with van der Waals surface area (Å²) < 4.78 is 6.09. The lowest BCUT2D eigenvalue weighted by Gasteiger charge is -2.41. The number of aromatic amines is 1. The molecule has 172 valence electrons. The monoisotopic (exact) mass is 446 g/mol. The Morgan fingerprint density at radius 3 is 2.58 bits per heavy atom. The minimum atomic E-state index is -1.17. The molecule has 7 nitrogen and oxygen atoms in total. The summed E-state index contributed by atoms with van der Waals surface area (Å²) in [6, 6.07) is 20.0. The number of amides is 2. The third-order valence-corrected chi connectivity index (χ3v) is 6.08. The van der Waals surface area contributed by atoms with Crippen LogP contribution in [0, 0.1) is 0 Å². The van der Waals surface area contributed by atoms with Crippen molar-refractivity contribution in [2.45, 2.75) is 31.8 Å². The van der Waals surface area contributed by atoms with Gasteiger partial charge in [-0.2, -0.15) is 5.10 Å². The third kappa shape index (κ3) is 4.83. The normalized spacial score (nSPS) is 18.4. The summed E-state index contributed by atoms with van der Waals surface area (Å²) in [6.07, 6.45) is 0.356. The Morgan fingerprint density at radius 1 is 1.12 bits per heavy atom. The van der Waals surface area contributed by atoms with Gasteiger partial charge in [0, 0.05) is 25.7 Å². The van der Waals surface area contributed by atoms with E-state index < -0.39 is 5.60 Å². The number of nitrogens with zero attached hydrogens (tertiary/aromatic N) is 2. The van der Waals surface area contributed by atoms with E-state index in [1.807, 2.05) is 50.2 Å². The van der Waals surface area contributed by atoms with E-state index in [9.17, 15) is 9.59 Å². The van der Waals surface area contributed by atoms with Crippen LogP contribution in [0.25, 0.3) is 11.1 Å². The second kappa shape index (κ2) is 9.58. The molecule has 1 atom stereocenters. The van der Waals surface area contributed by atoms with Gasteiger partial charge in [-0.15, -0.1) is 0 Å². The summed E-state index contributed by atoms with van der Waals surface area (Å²) in [5, 5.41) is 9.87. The largest absolute Gasteiger partial charge is 0.361 e. The predicted octanol–water partition coefficient (Wildman–Crippen LogP) is 3.40. The number of H-pyrrole nitrogens is 1. The zero-order valence-corrected chi connectivity index (χ0v) is 19.3. The Morgan fingerprint density at radius 2 is 1.88 bits per heavy atom. The zero-order chi connectivity index (χ0) is 23.4. The molecule has 33 heavy (non-hydrogen) atoms. The van der Waals surface area contributed by atoms with Crippen molar-refractivity contribution in [3.63, 3.8) is 0 Å². The minimum absolute atomic E-state index is 0.158. The maximum atomic E-state index is 13.2. The number of carbonyl (C=O) groups is 2. The van der Waals surface area contributed by atoms with E-state index in [2.05, 4.69) is 33.7 Å². The topological polar surface area (TPSA) is 87.3 Å². The third-order valence-electron chi connectivity index (χ3n) is 6.08. The van der Waals surface area contributed by atoms with Crippen molar-refractivity contribution in [1.82, 2.24) is 20.4 Å². The van der Waals surface area contributed by atoms with Crippen LogP contribution in [0.2, 0.25) is 0 Å². The number of ether oxygens (including phenoxy) is 1. The minimum Gasteiger partial charge on any atom is -0.361 e. The molecule has 1 aliphatic heterocycles. The Labute approximate surface area is 194 Å². The first kappa shape index (κ1) is 22.7. The molecule has 0 aliphatic carbocycles. The van der Waals surface area contributed by atoms with Gasteiger partial charge in [0.15, 0.2) is 5.60 Å². The summed E-state index contributed by atoms with van der Waals surface area (Å²) in [4.78, 5) is 27.9.